The lowest BCUT2D eigenvalue weighted by Gasteiger charge is -2.30. The first-order valence-electron chi connectivity index (χ1n) is 7.09. The molecular weight excluding hydrogens is 250 g/mol. The van der Waals surface area contributed by atoms with Gasteiger partial charge in [-0.05, 0) is 51.5 Å². The van der Waals surface area contributed by atoms with Crippen LogP contribution >= 0.6 is 0 Å². The summed E-state index contributed by atoms with van der Waals surface area (Å²) in [5.41, 5.74) is 7.29. The summed E-state index contributed by atoms with van der Waals surface area (Å²) in [6.07, 6.45) is 0.313. The Morgan fingerprint density at radius 1 is 1.25 bits per heavy atom. The minimum absolute atomic E-state index is 0.313. The highest BCUT2D eigenvalue weighted by Crippen LogP contribution is 2.20. The Labute approximate surface area is 122 Å². The number of nitrogens with zero attached hydrogens (tertiary/aromatic N) is 2. The summed E-state index contributed by atoms with van der Waals surface area (Å²) < 4.78 is 5.77. The fraction of sp³-hybridized carbons (Fsp3) is 0.562. The first-order valence-corrected chi connectivity index (χ1v) is 7.09. The maximum absolute atomic E-state index is 8.75. The van der Waals surface area contributed by atoms with Gasteiger partial charge in [0.15, 0.2) is 0 Å². The van der Waals surface area contributed by atoms with Crippen molar-refractivity contribution in [2.75, 3.05) is 18.9 Å². The Bertz CT molecular complexity index is 455. The molecule has 4 heteroatoms. The van der Waals surface area contributed by atoms with Crippen molar-refractivity contribution in [2.24, 2.45) is 0 Å². The smallest absolute Gasteiger partial charge is 0.119 e. The van der Waals surface area contributed by atoms with Gasteiger partial charge in [0.2, 0.25) is 0 Å². The summed E-state index contributed by atoms with van der Waals surface area (Å²) in [5.74, 6) is 0.775. The third-order valence-corrected chi connectivity index (χ3v) is 3.33. The highest BCUT2D eigenvalue weighted by atomic mass is 16.5. The lowest BCUT2D eigenvalue weighted by molar-refractivity contribution is 0.142. The predicted molar refractivity (Wildman–Crippen MR) is 82.6 cm³/mol. The van der Waals surface area contributed by atoms with Crippen LogP contribution in [0.1, 0.15) is 33.3 Å². The van der Waals surface area contributed by atoms with Crippen LogP contribution in [0.3, 0.4) is 0 Å². The second kappa shape index (κ2) is 7.76. The number of nitrogens with two attached hydrogens (primary N) is 1. The number of hydrogen-bond acceptors (Lipinski definition) is 4. The molecule has 0 saturated carbocycles. The van der Waals surface area contributed by atoms with E-state index in [0.29, 0.717) is 30.8 Å². The fourth-order valence-electron chi connectivity index (χ4n) is 2.29. The summed E-state index contributed by atoms with van der Waals surface area (Å²) in [7, 11) is 0. The molecule has 0 atom stereocenters. The standard InChI is InChI=1S/C16H25N3O/c1-12(2)19(13(3)4)9-10-20-15-5-6-16(18)14(11-15)7-8-17/h5-6,11-13H,7,9-10,18H2,1-4H3. The van der Waals surface area contributed by atoms with Gasteiger partial charge in [-0.2, -0.15) is 5.26 Å². The molecule has 0 aliphatic carbocycles. The largest absolute Gasteiger partial charge is 0.492 e. The first-order chi connectivity index (χ1) is 9.45. The summed E-state index contributed by atoms with van der Waals surface area (Å²) in [6.45, 7) is 10.3. The monoisotopic (exact) mass is 275 g/mol. The van der Waals surface area contributed by atoms with Crippen LogP contribution in [0, 0.1) is 11.3 Å². The van der Waals surface area contributed by atoms with E-state index >= 15 is 0 Å². The Morgan fingerprint density at radius 3 is 2.45 bits per heavy atom. The second-order valence-corrected chi connectivity index (χ2v) is 5.47. The molecule has 110 valence electrons. The zero-order valence-electron chi connectivity index (χ0n) is 12.9. The lowest BCUT2D eigenvalue weighted by Crippen LogP contribution is -2.39. The van der Waals surface area contributed by atoms with Gasteiger partial charge in [-0.15, -0.1) is 0 Å². The topological polar surface area (TPSA) is 62.3 Å². The van der Waals surface area contributed by atoms with Crippen LogP contribution in [0.4, 0.5) is 5.69 Å². The third kappa shape index (κ3) is 4.75. The second-order valence-electron chi connectivity index (χ2n) is 5.47. The number of ether oxygens (including phenoxy) is 1. The van der Waals surface area contributed by atoms with E-state index in [0.717, 1.165) is 17.9 Å². The third-order valence-electron chi connectivity index (χ3n) is 3.33. The summed E-state index contributed by atoms with van der Waals surface area (Å²) >= 11 is 0. The molecule has 0 aliphatic heterocycles. The zero-order chi connectivity index (χ0) is 15.1. The van der Waals surface area contributed by atoms with Crippen LogP contribution in [0.25, 0.3) is 0 Å². The summed E-state index contributed by atoms with van der Waals surface area (Å²) in [4.78, 5) is 2.38. The quantitative estimate of drug-likeness (QED) is 0.777. The average Bonchev–Trinajstić information content (AvgIpc) is 2.37. The molecule has 0 fully saturated rings. The molecule has 0 aromatic heterocycles. The van der Waals surface area contributed by atoms with Crippen molar-refractivity contribution in [1.82, 2.24) is 4.90 Å². The lowest BCUT2D eigenvalue weighted by atomic mass is 10.1. The van der Waals surface area contributed by atoms with Gasteiger partial charge in [-0.3, -0.25) is 4.90 Å². The van der Waals surface area contributed by atoms with Crippen molar-refractivity contribution in [3.8, 4) is 11.8 Å². The molecule has 2 N–H and O–H groups in total. The van der Waals surface area contributed by atoms with Gasteiger partial charge in [0.1, 0.15) is 12.4 Å². The van der Waals surface area contributed by atoms with Gasteiger partial charge >= 0.3 is 0 Å². The van der Waals surface area contributed by atoms with E-state index in [1.807, 2.05) is 12.1 Å². The number of rotatable bonds is 7. The fourth-order valence-corrected chi connectivity index (χ4v) is 2.29. The van der Waals surface area contributed by atoms with E-state index in [1.165, 1.54) is 0 Å². The van der Waals surface area contributed by atoms with Crippen molar-refractivity contribution in [1.29, 1.82) is 5.26 Å². The normalized spacial score (nSPS) is 11.1. The molecule has 0 saturated heterocycles. The molecule has 0 unspecified atom stereocenters. The number of benzene rings is 1. The minimum Gasteiger partial charge on any atom is -0.492 e. The molecule has 0 spiro atoms. The number of nitrogen functional groups attached to an aromatic ring is 1. The zero-order valence-corrected chi connectivity index (χ0v) is 12.9. The SMILES string of the molecule is CC(C)N(CCOc1ccc(N)c(CC#N)c1)C(C)C. The van der Waals surface area contributed by atoms with Crippen LogP contribution in [0.5, 0.6) is 5.75 Å². The van der Waals surface area contributed by atoms with Crippen molar-refractivity contribution >= 4 is 5.69 Å². The van der Waals surface area contributed by atoms with Crippen LogP contribution < -0.4 is 10.5 Å². The van der Waals surface area contributed by atoms with E-state index < -0.39 is 0 Å². The molecule has 0 heterocycles. The average molecular weight is 275 g/mol. The van der Waals surface area contributed by atoms with E-state index in [2.05, 4.69) is 38.7 Å². The highest BCUT2D eigenvalue weighted by Gasteiger charge is 2.13. The Balaban J connectivity index is 2.58. The first kappa shape index (κ1) is 16.3. The van der Waals surface area contributed by atoms with Crippen LogP contribution in [-0.4, -0.2) is 30.1 Å². The Morgan fingerprint density at radius 2 is 1.90 bits per heavy atom. The van der Waals surface area contributed by atoms with E-state index in [-0.39, 0.29) is 0 Å². The van der Waals surface area contributed by atoms with Crippen LogP contribution in [-0.2, 0) is 6.42 Å². The molecule has 0 aliphatic rings. The molecule has 4 nitrogen and oxygen atoms in total. The summed E-state index contributed by atoms with van der Waals surface area (Å²) in [5, 5.41) is 8.75. The van der Waals surface area contributed by atoms with Crippen molar-refractivity contribution < 1.29 is 4.74 Å². The number of anilines is 1. The maximum Gasteiger partial charge on any atom is 0.119 e. The molecule has 1 aromatic rings. The van der Waals surface area contributed by atoms with Crippen LogP contribution in [0.2, 0.25) is 0 Å². The van der Waals surface area contributed by atoms with Gasteiger partial charge in [0.25, 0.3) is 0 Å². The Hall–Kier alpha value is -1.73. The van der Waals surface area contributed by atoms with Gasteiger partial charge in [0, 0.05) is 24.3 Å². The van der Waals surface area contributed by atoms with Crippen molar-refractivity contribution in [3.63, 3.8) is 0 Å². The van der Waals surface area contributed by atoms with Gasteiger partial charge in [-0.1, -0.05) is 0 Å². The van der Waals surface area contributed by atoms with Gasteiger partial charge in [0.05, 0.1) is 12.5 Å². The molecule has 20 heavy (non-hydrogen) atoms. The van der Waals surface area contributed by atoms with Gasteiger partial charge in [-0.25, -0.2) is 0 Å². The van der Waals surface area contributed by atoms with E-state index in [1.54, 1.807) is 6.07 Å². The molecular formula is C16H25N3O. The highest BCUT2D eigenvalue weighted by molar-refractivity contribution is 5.51. The van der Waals surface area contributed by atoms with Crippen LogP contribution in [0.15, 0.2) is 18.2 Å². The molecule has 0 bridgehead atoms. The molecule has 0 amide bonds. The molecule has 0 radical (unpaired) electrons. The Kier molecular flexibility index (Phi) is 6.33. The minimum atomic E-state index is 0.313. The van der Waals surface area contributed by atoms with Crippen molar-refractivity contribution in [3.05, 3.63) is 23.8 Å². The predicted octanol–water partition coefficient (Wildman–Crippen LogP) is 2.83. The summed E-state index contributed by atoms with van der Waals surface area (Å²) in [6, 6.07) is 8.61. The van der Waals surface area contributed by atoms with E-state index in [4.69, 9.17) is 15.7 Å². The van der Waals surface area contributed by atoms with Gasteiger partial charge < -0.3 is 10.5 Å². The molecule has 1 aromatic carbocycles. The van der Waals surface area contributed by atoms with E-state index in [9.17, 15) is 0 Å². The number of nitriles is 1. The van der Waals surface area contributed by atoms with Crippen molar-refractivity contribution in [2.45, 2.75) is 46.2 Å². The maximum atomic E-state index is 8.75. The number of hydrogen-bond donors (Lipinski definition) is 1. The molecule has 1 rings (SSSR count).